The van der Waals surface area contributed by atoms with Crippen molar-refractivity contribution in [1.82, 2.24) is 19.5 Å². The Morgan fingerprint density at radius 2 is 1.58 bits per heavy atom. The summed E-state index contributed by atoms with van der Waals surface area (Å²) in [5, 5.41) is 51.7. The van der Waals surface area contributed by atoms with Crippen LogP contribution in [0.4, 0.5) is 5.95 Å². The van der Waals surface area contributed by atoms with Gasteiger partial charge in [0.15, 0.2) is 29.5 Å². The fraction of sp³-hybridized carbons (Fsp3) is 0.500. The normalized spacial score (nSPS) is 30.4. The SMILES string of the molecule is CC(=O)c1ccc(OCC2OC(OP(=O)([O-])OP(=O)([O-])OCC3OC(n4cnc5c(=O)[nH]c(N)nc54)C(O)C3O)C(O)C(O)C2O)cc1.[Li+].[Li+]. The van der Waals surface area contributed by atoms with E-state index >= 15 is 0 Å². The summed E-state index contributed by atoms with van der Waals surface area (Å²) in [4.78, 5) is 58.3. The Kier molecular flexibility index (Phi) is 14.2. The number of H-pyrrole nitrogens is 1. The summed E-state index contributed by atoms with van der Waals surface area (Å²) in [6.45, 7) is -0.271. The van der Waals surface area contributed by atoms with E-state index < -0.39 is 89.7 Å². The average molecular weight is 735 g/mol. The molecule has 0 radical (unpaired) electrons. The minimum atomic E-state index is -5.98. The van der Waals surface area contributed by atoms with Gasteiger partial charge < -0.3 is 59.8 Å². The van der Waals surface area contributed by atoms with Crippen molar-refractivity contribution in [2.45, 2.75) is 62.2 Å². The number of ketones is 1. The van der Waals surface area contributed by atoms with E-state index in [9.17, 15) is 54.0 Å². The molecule has 8 N–H and O–H groups in total. The fourth-order valence-electron chi connectivity index (χ4n) is 4.79. The van der Waals surface area contributed by atoms with Crippen LogP contribution in [-0.4, -0.2) is 113 Å². The zero-order valence-electron chi connectivity index (χ0n) is 26.4. The number of aromatic amines is 1. The molecular weight excluding hydrogens is 706 g/mol. The number of aliphatic hydroxyl groups is 5. The van der Waals surface area contributed by atoms with Gasteiger partial charge >= 0.3 is 37.7 Å². The number of aromatic nitrogens is 4. The third kappa shape index (κ3) is 9.51. The predicted octanol–water partition coefficient (Wildman–Crippen LogP) is -9.60. The molecule has 4 heterocycles. The number of rotatable bonds is 12. The number of imidazole rings is 1. The van der Waals surface area contributed by atoms with Crippen molar-refractivity contribution in [3.8, 4) is 5.75 Å². The van der Waals surface area contributed by atoms with E-state index in [0.717, 1.165) is 10.9 Å². The monoisotopic (exact) mass is 735 g/mol. The van der Waals surface area contributed by atoms with Gasteiger partial charge in [0.2, 0.25) is 5.95 Å². The van der Waals surface area contributed by atoms with Crippen LogP contribution in [0.5, 0.6) is 5.75 Å². The van der Waals surface area contributed by atoms with E-state index in [1.54, 1.807) is 0 Å². The molecule has 26 heteroatoms. The molecule has 50 heavy (non-hydrogen) atoms. The van der Waals surface area contributed by atoms with Crippen LogP contribution in [0.25, 0.3) is 11.2 Å². The Labute approximate surface area is 305 Å². The van der Waals surface area contributed by atoms with Crippen molar-refractivity contribution in [3.05, 3.63) is 46.5 Å². The Morgan fingerprint density at radius 1 is 0.960 bits per heavy atom. The van der Waals surface area contributed by atoms with Gasteiger partial charge in [-0.2, -0.15) is 4.98 Å². The van der Waals surface area contributed by atoms with Gasteiger partial charge in [-0.05, 0) is 31.2 Å². The molecule has 3 aromatic rings. The van der Waals surface area contributed by atoms with Gasteiger partial charge in [-0.15, -0.1) is 0 Å². The molecule has 0 saturated carbocycles. The number of nitrogens with zero attached hydrogens (tertiary/aromatic N) is 3. The molecule has 0 aliphatic carbocycles. The largest absolute Gasteiger partial charge is 1.00 e. The quantitative estimate of drug-likeness (QED) is 0.0516. The second kappa shape index (κ2) is 16.8. The Morgan fingerprint density at radius 3 is 2.22 bits per heavy atom. The van der Waals surface area contributed by atoms with Gasteiger partial charge in [0, 0.05) is 5.56 Å². The third-order valence-corrected chi connectivity index (χ3v) is 9.77. The number of anilines is 1. The third-order valence-electron chi connectivity index (χ3n) is 7.24. The van der Waals surface area contributed by atoms with Crippen LogP contribution in [0.1, 0.15) is 23.5 Å². The molecule has 5 rings (SSSR count). The van der Waals surface area contributed by atoms with Crippen molar-refractivity contribution in [3.63, 3.8) is 0 Å². The minimum absolute atomic E-state index is 0. The Balaban J connectivity index is 0.00000338. The minimum Gasteiger partial charge on any atom is -0.756 e. The van der Waals surface area contributed by atoms with Crippen LogP contribution >= 0.6 is 15.6 Å². The summed E-state index contributed by atoms with van der Waals surface area (Å²) >= 11 is 0. The summed E-state index contributed by atoms with van der Waals surface area (Å²) in [6.07, 6.45) is -15.5. The summed E-state index contributed by atoms with van der Waals surface area (Å²) in [5.74, 6) is -0.308. The topological polar surface area (TPSA) is 343 Å². The van der Waals surface area contributed by atoms with E-state index in [1.807, 2.05) is 0 Å². The van der Waals surface area contributed by atoms with Crippen molar-refractivity contribution in [1.29, 1.82) is 0 Å². The number of hydrogen-bond donors (Lipinski definition) is 7. The van der Waals surface area contributed by atoms with Gasteiger partial charge in [-0.3, -0.25) is 32.8 Å². The molecule has 0 amide bonds. The van der Waals surface area contributed by atoms with Gasteiger partial charge in [-0.1, -0.05) is 0 Å². The molecule has 11 unspecified atom stereocenters. The van der Waals surface area contributed by atoms with Crippen molar-refractivity contribution in [2.75, 3.05) is 18.9 Å². The molecule has 1 aromatic carbocycles. The number of aliphatic hydroxyl groups excluding tert-OH is 5. The molecule has 2 aliphatic rings. The zero-order valence-corrected chi connectivity index (χ0v) is 28.2. The molecular formula is C24H29Li2N5O17P2. The standard InChI is InChI=1S/C24H31N5O17P2.2Li/c1-9(30)10-2-4-11(5-3-10)41-6-12-15(31)17(33)19(35)23(44-12)45-48(39,40)46-47(37,38)42-7-13-16(32)18(34)22(43-13)29-8-26-14-20(29)27-24(25)28-21(14)36;;/h2-5,8,12-13,15-19,22-23,31-35H,6-7H2,1H3,(H,37,38)(H,39,40)(H3,25,27,28,36);;/q;2*+1/p-2. The van der Waals surface area contributed by atoms with Crippen LogP contribution in [0, 0.1) is 0 Å². The molecule has 11 atom stereocenters. The number of phosphoric acid groups is 2. The van der Waals surface area contributed by atoms with E-state index in [4.69, 9.17) is 19.9 Å². The molecule has 22 nitrogen and oxygen atoms in total. The van der Waals surface area contributed by atoms with Gasteiger partial charge in [-0.25, -0.2) is 9.29 Å². The maximum absolute atomic E-state index is 12.5. The predicted molar refractivity (Wildman–Crippen MR) is 150 cm³/mol. The smallest absolute Gasteiger partial charge is 0.756 e. The van der Waals surface area contributed by atoms with Crippen molar-refractivity contribution < 1.29 is 115 Å². The molecule has 2 fully saturated rings. The number of nitrogens with two attached hydrogens (primary N) is 1. The first-order valence-electron chi connectivity index (χ1n) is 13.8. The summed E-state index contributed by atoms with van der Waals surface area (Å²) in [5.41, 5.74) is 4.88. The van der Waals surface area contributed by atoms with E-state index in [2.05, 4.69) is 28.3 Å². The van der Waals surface area contributed by atoms with Gasteiger partial charge in [0.05, 0.1) is 12.9 Å². The van der Waals surface area contributed by atoms with Gasteiger partial charge in [0.1, 0.15) is 55.1 Å². The first-order chi connectivity index (χ1) is 22.5. The van der Waals surface area contributed by atoms with Gasteiger partial charge in [0.25, 0.3) is 21.2 Å². The Bertz CT molecular complexity index is 1800. The summed E-state index contributed by atoms with van der Waals surface area (Å²) in [7, 11) is -11.8. The first kappa shape index (κ1) is 42.4. The molecule has 2 saturated heterocycles. The van der Waals surface area contributed by atoms with Crippen LogP contribution in [0.15, 0.2) is 35.4 Å². The first-order valence-corrected chi connectivity index (χ1v) is 16.7. The van der Waals surface area contributed by atoms with E-state index in [0.29, 0.717) is 5.56 Å². The molecule has 2 aliphatic heterocycles. The summed E-state index contributed by atoms with van der Waals surface area (Å²) < 4.78 is 55.1. The fourth-order valence-corrected chi connectivity index (χ4v) is 6.87. The van der Waals surface area contributed by atoms with E-state index in [1.165, 1.54) is 31.2 Å². The number of carbonyl (C=O) groups is 1. The number of Topliss-reactive ketones (excluding diaryl/α,β-unsaturated/α-hetero) is 1. The number of ether oxygens (including phenoxy) is 3. The number of hydrogen-bond acceptors (Lipinski definition) is 20. The second-order valence-corrected chi connectivity index (χ2v) is 13.5. The maximum atomic E-state index is 12.5. The molecule has 0 spiro atoms. The number of phosphoric ester groups is 2. The van der Waals surface area contributed by atoms with Crippen LogP contribution in [0.2, 0.25) is 0 Å². The maximum Gasteiger partial charge on any atom is 1.00 e. The summed E-state index contributed by atoms with van der Waals surface area (Å²) in [6, 6.07) is 5.74. The van der Waals surface area contributed by atoms with Crippen LogP contribution < -0.4 is 63.5 Å². The van der Waals surface area contributed by atoms with Crippen molar-refractivity contribution >= 4 is 38.5 Å². The Hall–Kier alpha value is -1.99. The number of nitrogens with one attached hydrogen (secondary N) is 1. The number of fused-ring (bicyclic) bond motifs is 1. The van der Waals surface area contributed by atoms with Crippen LogP contribution in [-0.2, 0) is 32.0 Å². The number of nitrogen functional groups attached to an aromatic ring is 1. The second-order valence-electron chi connectivity index (χ2n) is 10.6. The number of benzene rings is 1. The zero-order chi connectivity index (χ0) is 35.1. The van der Waals surface area contributed by atoms with Crippen LogP contribution in [0.3, 0.4) is 0 Å². The molecule has 0 bridgehead atoms. The number of carbonyl (C=O) groups excluding carboxylic acids is 1. The van der Waals surface area contributed by atoms with E-state index in [-0.39, 0.29) is 66.4 Å². The average Bonchev–Trinajstić information content (AvgIpc) is 3.55. The van der Waals surface area contributed by atoms with Crippen molar-refractivity contribution in [2.24, 2.45) is 0 Å². The molecule has 264 valence electrons. The molecule has 2 aromatic heterocycles.